The van der Waals surface area contributed by atoms with E-state index in [0.29, 0.717) is 6.42 Å². The molecule has 2 unspecified atom stereocenters. The molecule has 0 radical (unpaired) electrons. The van der Waals surface area contributed by atoms with Crippen molar-refractivity contribution < 1.29 is 9.59 Å². The van der Waals surface area contributed by atoms with Crippen LogP contribution in [-0.2, 0) is 16.0 Å². The molecule has 2 aromatic carbocycles. The van der Waals surface area contributed by atoms with Gasteiger partial charge in [0.1, 0.15) is 18.7 Å². The number of H-pyrrole nitrogens is 1. The summed E-state index contributed by atoms with van der Waals surface area (Å²) in [5.74, 6) is -0.474. The minimum absolute atomic E-state index is 0.225. The van der Waals surface area contributed by atoms with Crippen molar-refractivity contribution >= 4 is 22.7 Å². The van der Waals surface area contributed by atoms with Crippen LogP contribution < -0.4 is 10.6 Å². The van der Waals surface area contributed by atoms with Crippen LogP contribution in [0.4, 0.5) is 0 Å². The lowest BCUT2D eigenvalue weighted by Gasteiger charge is -2.21. The van der Waals surface area contributed by atoms with Gasteiger partial charge in [0.2, 0.25) is 11.8 Å². The summed E-state index contributed by atoms with van der Waals surface area (Å²) in [7, 11) is 0. The largest absolute Gasteiger partial charge is 0.361 e. The van der Waals surface area contributed by atoms with Crippen molar-refractivity contribution in [3.8, 4) is 5.69 Å². The van der Waals surface area contributed by atoms with Gasteiger partial charge in [-0.3, -0.25) is 9.59 Å². The molecule has 2 atom stereocenters. The smallest absolute Gasteiger partial charge is 0.243 e. The molecule has 0 bridgehead atoms. The molecule has 0 saturated heterocycles. The van der Waals surface area contributed by atoms with Crippen molar-refractivity contribution in [3.05, 3.63) is 78.5 Å². The van der Waals surface area contributed by atoms with Gasteiger partial charge in [-0.05, 0) is 36.2 Å². The van der Waals surface area contributed by atoms with Gasteiger partial charge in [0.15, 0.2) is 0 Å². The van der Waals surface area contributed by atoms with Gasteiger partial charge < -0.3 is 15.6 Å². The van der Waals surface area contributed by atoms with E-state index in [9.17, 15) is 9.59 Å². The van der Waals surface area contributed by atoms with E-state index in [1.165, 1.54) is 13.3 Å². The molecule has 31 heavy (non-hydrogen) atoms. The predicted octanol–water partition coefficient (Wildman–Crippen LogP) is 2.67. The first-order valence-corrected chi connectivity index (χ1v) is 10.1. The Morgan fingerprint density at radius 1 is 1.10 bits per heavy atom. The zero-order valence-corrected chi connectivity index (χ0v) is 17.4. The van der Waals surface area contributed by atoms with Crippen molar-refractivity contribution in [1.29, 1.82) is 0 Å². The molecular weight excluding hydrogens is 392 g/mol. The molecule has 158 valence electrons. The van der Waals surface area contributed by atoms with Gasteiger partial charge in [-0.25, -0.2) is 9.67 Å². The quantitative estimate of drug-likeness (QED) is 0.431. The highest BCUT2D eigenvalue weighted by Gasteiger charge is 2.23. The maximum atomic E-state index is 13.0. The summed E-state index contributed by atoms with van der Waals surface area (Å²) in [6, 6.07) is 14.7. The summed E-state index contributed by atoms with van der Waals surface area (Å²) < 4.78 is 1.67. The number of carbonyl (C=O) groups excluding carboxylic acids is 2. The van der Waals surface area contributed by atoms with E-state index in [1.807, 2.05) is 61.7 Å². The monoisotopic (exact) mass is 416 g/mol. The van der Waals surface area contributed by atoms with Gasteiger partial charge in [-0.15, -0.1) is 0 Å². The van der Waals surface area contributed by atoms with Crippen LogP contribution in [0, 0.1) is 0 Å². The van der Waals surface area contributed by atoms with Crippen LogP contribution in [0.25, 0.3) is 16.6 Å². The lowest BCUT2D eigenvalue weighted by molar-refractivity contribution is -0.128. The molecule has 4 rings (SSSR count). The molecule has 0 spiro atoms. The average Bonchev–Trinajstić information content (AvgIpc) is 3.44. The fourth-order valence-electron chi connectivity index (χ4n) is 3.63. The molecule has 0 aliphatic rings. The SMILES string of the molecule is CC(=O)NC(Cc1c[nH]c2ccccc12)C(=O)NC(C)c1ccc(-n2cncn2)cc1. The summed E-state index contributed by atoms with van der Waals surface area (Å²) in [5.41, 5.74) is 3.82. The van der Waals surface area contributed by atoms with Crippen LogP contribution in [0.5, 0.6) is 0 Å². The maximum Gasteiger partial charge on any atom is 0.243 e. The number of hydrogen-bond acceptors (Lipinski definition) is 4. The molecule has 0 aliphatic carbocycles. The van der Waals surface area contributed by atoms with Crippen molar-refractivity contribution in [2.24, 2.45) is 0 Å². The summed E-state index contributed by atoms with van der Waals surface area (Å²) >= 11 is 0. The van der Waals surface area contributed by atoms with E-state index in [-0.39, 0.29) is 17.9 Å². The molecule has 2 aromatic heterocycles. The van der Waals surface area contributed by atoms with Crippen LogP contribution in [0.3, 0.4) is 0 Å². The molecule has 8 heteroatoms. The van der Waals surface area contributed by atoms with Crippen molar-refractivity contribution in [3.63, 3.8) is 0 Å². The molecule has 0 fully saturated rings. The van der Waals surface area contributed by atoms with Crippen molar-refractivity contribution in [2.45, 2.75) is 32.4 Å². The van der Waals surface area contributed by atoms with E-state index in [0.717, 1.165) is 27.7 Å². The topological polar surface area (TPSA) is 105 Å². The van der Waals surface area contributed by atoms with Crippen LogP contribution in [-0.4, -0.2) is 37.6 Å². The summed E-state index contributed by atoms with van der Waals surface area (Å²) in [6.45, 7) is 3.33. The van der Waals surface area contributed by atoms with Crippen molar-refractivity contribution in [1.82, 2.24) is 30.4 Å². The Morgan fingerprint density at radius 3 is 2.58 bits per heavy atom. The second kappa shape index (κ2) is 8.83. The standard InChI is InChI=1S/C23H24N6O2/c1-15(17-7-9-19(10-8-17)29-14-24-13-26-29)27-23(31)22(28-16(2)30)11-18-12-25-21-6-4-3-5-20(18)21/h3-10,12-15,22,25H,11H2,1-2H3,(H,27,31)(H,28,30). The average molecular weight is 416 g/mol. The Kier molecular flexibility index (Phi) is 5.79. The molecule has 2 amide bonds. The van der Waals surface area contributed by atoms with Crippen LogP contribution in [0.1, 0.15) is 31.0 Å². The zero-order chi connectivity index (χ0) is 21.8. The molecule has 4 aromatic rings. The number of fused-ring (bicyclic) bond motifs is 1. The Bertz CT molecular complexity index is 1180. The number of rotatable bonds is 7. The second-order valence-electron chi connectivity index (χ2n) is 7.48. The third kappa shape index (κ3) is 4.63. The second-order valence-corrected chi connectivity index (χ2v) is 7.48. The minimum Gasteiger partial charge on any atom is -0.361 e. The Labute approximate surface area is 179 Å². The summed E-state index contributed by atoms with van der Waals surface area (Å²) in [6.07, 6.45) is 5.39. The number of hydrogen-bond donors (Lipinski definition) is 3. The van der Waals surface area contributed by atoms with E-state index in [4.69, 9.17) is 0 Å². The van der Waals surface area contributed by atoms with Gasteiger partial charge >= 0.3 is 0 Å². The van der Waals surface area contributed by atoms with E-state index < -0.39 is 6.04 Å². The highest BCUT2D eigenvalue weighted by Crippen LogP contribution is 2.20. The minimum atomic E-state index is -0.673. The fraction of sp³-hybridized carbons (Fsp3) is 0.217. The van der Waals surface area contributed by atoms with Crippen LogP contribution in [0.15, 0.2) is 67.4 Å². The third-order valence-electron chi connectivity index (χ3n) is 5.23. The Hall–Kier alpha value is -3.94. The van der Waals surface area contributed by atoms with Gasteiger partial charge in [-0.1, -0.05) is 30.3 Å². The first-order valence-electron chi connectivity index (χ1n) is 10.1. The molecule has 8 nitrogen and oxygen atoms in total. The first kappa shape index (κ1) is 20.3. The number of aromatic amines is 1. The summed E-state index contributed by atoms with van der Waals surface area (Å²) in [5, 5.41) is 11.0. The number of benzene rings is 2. The number of amides is 2. The van der Waals surface area contributed by atoms with Crippen LogP contribution >= 0.6 is 0 Å². The summed E-state index contributed by atoms with van der Waals surface area (Å²) in [4.78, 5) is 31.9. The van der Waals surface area contributed by atoms with Crippen LogP contribution in [0.2, 0.25) is 0 Å². The van der Waals surface area contributed by atoms with E-state index in [2.05, 4.69) is 25.7 Å². The zero-order valence-electron chi connectivity index (χ0n) is 17.4. The molecule has 2 heterocycles. The number of aromatic nitrogens is 4. The number of carbonyl (C=O) groups is 2. The Balaban J connectivity index is 1.47. The molecular formula is C23H24N6O2. The number of nitrogens with zero attached hydrogens (tertiary/aromatic N) is 3. The fourth-order valence-corrected chi connectivity index (χ4v) is 3.63. The highest BCUT2D eigenvalue weighted by molar-refractivity contribution is 5.89. The Morgan fingerprint density at radius 2 is 1.87 bits per heavy atom. The lowest BCUT2D eigenvalue weighted by atomic mass is 10.0. The van der Waals surface area contributed by atoms with Gasteiger partial charge in [0, 0.05) is 30.4 Å². The number of para-hydroxylation sites is 1. The van der Waals surface area contributed by atoms with Gasteiger partial charge in [0.25, 0.3) is 0 Å². The van der Waals surface area contributed by atoms with Crippen molar-refractivity contribution in [2.75, 3.05) is 0 Å². The normalized spacial score (nSPS) is 13.0. The molecule has 0 saturated carbocycles. The molecule has 3 N–H and O–H groups in total. The number of nitrogens with one attached hydrogen (secondary N) is 3. The lowest BCUT2D eigenvalue weighted by Crippen LogP contribution is -2.47. The maximum absolute atomic E-state index is 13.0. The van der Waals surface area contributed by atoms with Gasteiger partial charge in [-0.2, -0.15) is 5.10 Å². The third-order valence-corrected chi connectivity index (χ3v) is 5.23. The molecule has 0 aliphatic heterocycles. The highest BCUT2D eigenvalue weighted by atomic mass is 16.2. The van der Waals surface area contributed by atoms with Gasteiger partial charge in [0.05, 0.1) is 11.7 Å². The van der Waals surface area contributed by atoms with E-state index >= 15 is 0 Å². The first-order chi connectivity index (χ1) is 15.0. The van der Waals surface area contributed by atoms with E-state index in [1.54, 1.807) is 11.0 Å². The predicted molar refractivity (Wildman–Crippen MR) is 118 cm³/mol.